The second-order valence-corrected chi connectivity index (χ2v) is 12.9. The van der Waals surface area contributed by atoms with E-state index in [4.69, 9.17) is 11.6 Å². The number of thioether (sulfide) groups is 1. The number of alkyl halides is 6. The van der Waals surface area contributed by atoms with Crippen LogP contribution in [-0.4, -0.2) is 27.5 Å². The summed E-state index contributed by atoms with van der Waals surface area (Å²) in [6.45, 7) is -0.651. The topological polar surface area (TPSA) is 88.5 Å². The number of nitrogens with zero attached hydrogens (tertiary/aromatic N) is 2. The summed E-state index contributed by atoms with van der Waals surface area (Å²) in [5.41, 5.74) is -2.52. The van der Waals surface area contributed by atoms with Crippen LogP contribution in [0.3, 0.4) is 0 Å². The normalized spacial score (nSPS) is 19.6. The molecule has 7 nitrogen and oxygen atoms in total. The minimum Gasteiger partial charge on any atom is -0.325 e. The van der Waals surface area contributed by atoms with Crippen molar-refractivity contribution in [1.29, 1.82) is 0 Å². The van der Waals surface area contributed by atoms with Crippen molar-refractivity contribution in [1.82, 2.24) is 4.57 Å². The summed E-state index contributed by atoms with van der Waals surface area (Å²) >= 11 is 7.54. The number of rotatable bonds is 5. The molecule has 0 spiro atoms. The van der Waals surface area contributed by atoms with Crippen molar-refractivity contribution < 1.29 is 40.7 Å². The van der Waals surface area contributed by atoms with Crippen molar-refractivity contribution in [3.8, 4) is 0 Å². The van der Waals surface area contributed by atoms with E-state index in [1.807, 2.05) is 0 Å². The maximum atomic E-state index is 13.9. The van der Waals surface area contributed by atoms with Crippen LogP contribution in [0.1, 0.15) is 27.5 Å². The molecule has 1 saturated heterocycles. The summed E-state index contributed by atoms with van der Waals surface area (Å²) in [4.78, 5) is 54.1. The van der Waals surface area contributed by atoms with Crippen LogP contribution < -0.4 is 15.1 Å². The van der Waals surface area contributed by atoms with Gasteiger partial charge in [-0.2, -0.15) is 26.3 Å². The number of hydrogen-bond donors (Lipinski definition) is 1. The fraction of sp³-hybridized carbons (Fsp3) is 0.200. The lowest BCUT2D eigenvalue weighted by Crippen LogP contribution is -2.33. The lowest BCUT2D eigenvalue weighted by Gasteiger charge is -2.30. The maximum Gasteiger partial charge on any atom is 0.418 e. The second kappa shape index (κ2) is 11.6. The fourth-order valence-corrected chi connectivity index (χ4v) is 8.45. The van der Waals surface area contributed by atoms with Crippen molar-refractivity contribution in [2.45, 2.75) is 35.1 Å². The summed E-state index contributed by atoms with van der Waals surface area (Å²) in [5, 5.41) is 1.55. The molecule has 0 bridgehead atoms. The Morgan fingerprint density at radius 1 is 0.870 bits per heavy atom. The summed E-state index contributed by atoms with van der Waals surface area (Å²) in [7, 11) is 0. The molecular formula is C30H18ClF6N3O4S2. The number of anilines is 2. The molecule has 3 heterocycles. The summed E-state index contributed by atoms with van der Waals surface area (Å²) < 4.78 is 82.3. The molecule has 46 heavy (non-hydrogen) atoms. The Morgan fingerprint density at radius 2 is 1.57 bits per heavy atom. The number of carbonyl (C=O) groups excluding carboxylic acids is 3. The van der Waals surface area contributed by atoms with Crippen LogP contribution in [0, 0.1) is 5.92 Å². The zero-order valence-electron chi connectivity index (χ0n) is 22.9. The quantitative estimate of drug-likeness (QED) is 0.179. The Balaban J connectivity index is 1.40. The molecule has 6 rings (SSSR count). The Hall–Kier alpha value is -4.08. The van der Waals surface area contributed by atoms with Crippen LogP contribution >= 0.6 is 34.7 Å². The van der Waals surface area contributed by atoms with Gasteiger partial charge in [0.05, 0.1) is 27.8 Å². The van der Waals surface area contributed by atoms with Gasteiger partial charge in [0, 0.05) is 21.5 Å². The van der Waals surface area contributed by atoms with Gasteiger partial charge in [0.25, 0.3) is 0 Å². The zero-order valence-corrected chi connectivity index (χ0v) is 25.2. The van der Waals surface area contributed by atoms with E-state index in [1.165, 1.54) is 24.3 Å². The average Bonchev–Trinajstić information content (AvgIpc) is 3.43. The highest BCUT2D eigenvalue weighted by atomic mass is 35.5. The number of aromatic nitrogens is 1. The molecule has 16 heteroatoms. The van der Waals surface area contributed by atoms with Crippen molar-refractivity contribution in [2.75, 3.05) is 10.2 Å². The van der Waals surface area contributed by atoms with E-state index in [1.54, 1.807) is 12.1 Å². The first-order valence-electron chi connectivity index (χ1n) is 13.3. The molecule has 2 aliphatic heterocycles. The summed E-state index contributed by atoms with van der Waals surface area (Å²) in [6.07, 6.45) is -9.53. The second-order valence-electron chi connectivity index (χ2n) is 10.4. The third-order valence-electron chi connectivity index (χ3n) is 7.50. The number of fused-ring (bicyclic) bond motifs is 2. The van der Waals surface area contributed by atoms with Crippen molar-refractivity contribution in [2.24, 2.45) is 5.92 Å². The van der Waals surface area contributed by atoms with E-state index >= 15 is 0 Å². The fourth-order valence-electron chi connectivity index (χ4n) is 5.55. The van der Waals surface area contributed by atoms with Gasteiger partial charge >= 0.3 is 17.2 Å². The number of nitrogens with one attached hydrogen (secondary N) is 1. The molecular weight excluding hydrogens is 680 g/mol. The van der Waals surface area contributed by atoms with Gasteiger partial charge in [-0.15, -0.1) is 0 Å². The first-order valence-corrected chi connectivity index (χ1v) is 15.4. The van der Waals surface area contributed by atoms with Gasteiger partial charge in [-0.25, -0.2) is 4.90 Å². The molecule has 3 aromatic carbocycles. The number of halogens is 7. The molecule has 2 aliphatic rings. The van der Waals surface area contributed by atoms with Crippen molar-refractivity contribution >= 4 is 63.8 Å². The summed E-state index contributed by atoms with van der Waals surface area (Å²) in [5.74, 6) is -4.84. The number of hydrogen-bond acceptors (Lipinski definition) is 6. The highest BCUT2D eigenvalue weighted by molar-refractivity contribution is 8.00. The van der Waals surface area contributed by atoms with Gasteiger partial charge in [0.2, 0.25) is 17.7 Å². The number of carbonyl (C=O) groups is 3. The molecule has 3 atom stereocenters. The minimum atomic E-state index is -4.88. The smallest absolute Gasteiger partial charge is 0.325 e. The molecule has 4 aromatic rings. The monoisotopic (exact) mass is 697 g/mol. The molecule has 2 unspecified atom stereocenters. The molecule has 1 N–H and O–H groups in total. The molecule has 1 aromatic heterocycles. The standard InChI is InChI=1S/C30H18ClF6N3O4S2/c31-16-10-8-14(9-11-16)21-22-23(26(43)40(25(22)42)19-7-2-1-6-18(19)30(35,36)37)45-27-24(21)46-28(44)39(27)13-20(41)38-17-5-3-4-15(12-17)29(32,33)34/h1-12,21-23H,13H2,(H,38,41)/t21-,22?,23?/m1/s1. The predicted octanol–water partition coefficient (Wildman–Crippen LogP) is 7.04. The molecule has 0 radical (unpaired) electrons. The SMILES string of the molecule is O=C(Cn1c2c(sc1=O)[C@H](c1ccc(Cl)cc1)C1C(=O)N(c3ccccc3C(F)(F)F)C(=O)C1S2)Nc1cccc(C(F)(F)F)c1. The Labute approximate surface area is 268 Å². The number of thiazole rings is 1. The number of benzene rings is 3. The van der Waals surface area contributed by atoms with Crippen LogP contribution in [0.15, 0.2) is 82.6 Å². The van der Waals surface area contributed by atoms with Crippen molar-refractivity contribution in [3.05, 3.63) is 109 Å². The molecule has 1 fully saturated rings. The molecule has 0 aliphatic carbocycles. The number of imide groups is 1. The van der Waals surface area contributed by atoms with E-state index in [2.05, 4.69) is 5.32 Å². The minimum absolute atomic E-state index is 0.141. The van der Waals surface area contributed by atoms with Crippen LogP contribution in [0.4, 0.5) is 37.7 Å². The van der Waals surface area contributed by atoms with Gasteiger partial charge in [-0.1, -0.05) is 65.0 Å². The third-order valence-corrected chi connectivity index (χ3v) is 10.4. The number of para-hydroxylation sites is 1. The van der Waals surface area contributed by atoms with Crippen LogP contribution in [0.2, 0.25) is 5.02 Å². The first-order chi connectivity index (χ1) is 21.6. The van der Waals surface area contributed by atoms with Gasteiger partial charge in [0.15, 0.2) is 0 Å². The van der Waals surface area contributed by atoms with Crippen LogP contribution in [-0.2, 0) is 33.3 Å². The lowest BCUT2D eigenvalue weighted by atomic mass is 9.83. The van der Waals surface area contributed by atoms with Crippen LogP contribution in [0.5, 0.6) is 0 Å². The van der Waals surface area contributed by atoms with E-state index in [0.717, 1.165) is 52.7 Å². The Kier molecular flexibility index (Phi) is 8.05. The van der Waals surface area contributed by atoms with Crippen molar-refractivity contribution in [3.63, 3.8) is 0 Å². The van der Waals surface area contributed by atoms with Gasteiger partial charge in [-0.3, -0.25) is 23.7 Å². The van der Waals surface area contributed by atoms with E-state index < -0.39 is 75.4 Å². The average molecular weight is 698 g/mol. The van der Waals surface area contributed by atoms with Gasteiger partial charge in [-0.05, 0) is 48.0 Å². The Morgan fingerprint density at radius 3 is 2.24 bits per heavy atom. The first kappa shape index (κ1) is 31.9. The van der Waals surface area contributed by atoms with E-state index in [0.29, 0.717) is 31.7 Å². The number of amides is 3. The maximum absolute atomic E-state index is 13.9. The van der Waals surface area contributed by atoms with Gasteiger partial charge < -0.3 is 5.32 Å². The largest absolute Gasteiger partial charge is 0.418 e. The van der Waals surface area contributed by atoms with Gasteiger partial charge in [0.1, 0.15) is 11.8 Å². The summed E-state index contributed by atoms with van der Waals surface area (Å²) in [6, 6.07) is 14.3. The zero-order chi connectivity index (χ0) is 33.1. The lowest BCUT2D eigenvalue weighted by molar-refractivity contribution is -0.138. The van der Waals surface area contributed by atoms with E-state index in [9.17, 15) is 45.5 Å². The highest BCUT2D eigenvalue weighted by Gasteiger charge is 2.57. The van der Waals surface area contributed by atoms with E-state index in [-0.39, 0.29) is 10.7 Å². The molecule has 3 amide bonds. The third kappa shape index (κ3) is 5.71. The molecule has 0 saturated carbocycles. The molecule has 238 valence electrons. The highest BCUT2D eigenvalue weighted by Crippen LogP contribution is 2.54. The Bertz CT molecular complexity index is 1940. The van der Waals surface area contributed by atoms with Crippen LogP contribution in [0.25, 0.3) is 0 Å². The predicted molar refractivity (Wildman–Crippen MR) is 159 cm³/mol.